The van der Waals surface area contributed by atoms with Crippen LogP contribution in [0.25, 0.3) is 0 Å². The molecule has 1 N–H and O–H groups in total. The zero-order valence-corrected chi connectivity index (χ0v) is 11.1. The molecule has 0 aliphatic heterocycles. The second kappa shape index (κ2) is 6.13. The predicted molar refractivity (Wildman–Crippen MR) is 68.5 cm³/mol. The van der Waals surface area contributed by atoms with Crippen molar-refractivity contribution >= 4 is 21.6 Å². The summed E-state index contributed by atoms with van der Waals surface area (Å²) in [6.07, 6.45) is 1.02. The van der Waals surface area contributed by atoms with Crippen LogP contribution in [0.4, 0.5) is 5.69 Å². The van der Waals surface area contributed by atoms with Gasteiger partial charge in [0, 0.05) is 29.9 Å². The van der Waals surface area contributed by atoms with Crippen molar-refractivity contribution in [3.05, 3.63) is 28.2 Å². The van der Waals surface area contributed by atoms with Crippen molar-refractivity contribution in [2.75, 3.05) is 19.0 Å². The molecule has 0 saturated carbocycles. The van der Waals surface area contributed by atoms with Crippen molar-refractivity contribution in [1.82, 2.24) is 0 Å². The third kappa shape index (κ3) is 3.84. The van der Waals surface area contributed by atoms with Crippen molar-refractivity contribution in [1.29, 1.82) is 0 Å². The molecule has 1 aromatic rings. The van der Waals surface area contributed by atoms with Crippen LogP contribution in [0.3, 0.4) is 0 Å². The molecule has 1 unspecified atom stereocenters. The first kappa shape index (κ1) is 12.5. The minimum Gasteiger partial charge on any atom is -0.385 e. The van der Waals surface area contributed by atoms with Crippen molar-refractivity contribution in [3.8, 4) is 0 Å². The van der Waals surface area contributed by atoms with E-state index in [1.54, 1.807) is 7.11 Å². The summed E-state index contributed by atoms with van der Waals surface area (Å²) in [5.41, 5.74) is 2.44. The molecular weight excluding hydrogens is 254 g/mol. The lowest BCUT2D eigenvalue weighted by Crippen LogP contribution is -2.17. The smallest absolute Gasteiger partial charge is 0.0481 e. The van der Waals surface area contributed by atoms with Gasteiger partial charge in [0.25, 0.3) is 0 Å². The average molecular weight is 272 g/mol. The van der Waals surface area contributed by atoms with Crippen molar-refractivity contribution in [2.45, 2.75) is 26.3 Å². The van der Waals surface area contributed by atoms with Crippen LogP contribution < -0.4 is 5.32 Å². The highest BCUT2D eigenvalue weighted by Gasteiger charge is 2.05. The lowest BCUT2D eigenvalue weighted by molar-refractivity contribution is 0.191. The highest BCUT2D eigenvalue weighted by molar-refractivity contribution is 9.10. The van der Waals surface area contributed by atoms with Crippen LogP contribution in [0.2, 0.25) is 0 Å². The van der Waals surface area contributed by atoms with Crippen LogP contribution >= 0.6 is 15.9 Å². The summed E-state index contributed by atoms with van der Waals surface area (Å²) < 4.78 is 6.20. The Morgan fingerprint density at radius 3 is 2.87 bits per heavy atom. The van der Waals surface area contributed by atoms with Crippen LogP contribution in [-0.4, -0.2) is 19.8 Å². The summed E-state index contributed by atoms with van der Waals surface area (Å²) in [6.45, 7) is 5.07. The van der Waals surface area contributed by atoms with E-state index in [0.717, 1.165) is 17.5 Å². The summed E-state index contributed by atoms with van der Waals surface area (Å²) in [6, 6.07) is 6.63. The first-order valence-corrected chi connectivity index (χ1v) is 5.95. The molecule has 0 aliphatic carbocycles. The number of hydrogen-bond acceptors (Lipinski definition) is 2. The third-order valence-electron chi connectivity index (χ3n) is 2.42. The van der Waals surface area contributed by atoms with E-state index in [0.29, 0.717) is 6.04 Å². The van der Waals surface area contributed by atoms with Gasteiger partial charge in [0.2, 0.25) is 0 Å². The summed E-state index contributed by atoms with van der Waals surface area (Å²) in [5, 5.41) is 3.48. The van der Waals surface area contributed by atoms with Gasteiger partial charge >= 0.3 is 0 Å². The minimum atomic E-state index is 0.429. The number of hydrogen-bond donors (Lipinski definition) is 1. The fourth-order valence-electron chi connectivity index (χ4n) is 1.40. The number of rotatable bonds is 5. The first-order valence-electron chi connectivity index (χ1n) is 5.15. The molecule has 0 aliphatic rings. The molecule has 0 heterocycles. The fraction of sp³-hybridized carbons (Fsp3) is 0.500. The van der Waals surface area contributed by atoms with Gasteiger partial charge in [-0.3, -0.25) is 0 Å². The van der Waals surface area contributed by atoms with Crippen LogP contribution in [0.1, 0.15) is 18.9 Å². The van der Waals surface area contributed by atoms with E-state index in [9.17, 15) is 0 Å². The molecule has 1 aromatic carbocycles. The van der Waals surface area contributed by atoms with Crippen LogP contribution in [0.5, 0.6) is 0 Å². The van der Waals surface area contributed by atoms with Gasteiger partial charge in [-0.15, -0.1) is 0 Å². The molecule has 84 valence electrons. The summed E-state index contributed by atoms with van der Waals surface area (Å²) in [7, 11) is 1.73. The first-order chi connectivity index (χ1) is 7.15. The Hall–Kier alpha value is -0.540. The molecule has 0 saturated heterocycles. The maximum Gasteiger partial charge on any atom is 0.0481 e. The Balaban J connectivity index is 2.60. The van der Waals surface area contributed by atoms with Gasteiger partial charge in [-0.25, -0.2) is 0 Å². The SMILES string of the molecule is COCCC(C)Nc1cccc(Br)c1C. The number of anilines is 1. The van der Waals surface area contributed by atoms with Gasteiger partial charge in [0.15, 0.2) is 0 Å². The Morgan fingerprint density at radius 2 is 2.20 bits per heavy atom. The molecule has 0 radical (unpaired) electrons. The molecule has 0 fully saturated rings. The molecule has 0 spiro atoms. The summed E-state index contributed by atoms with van der Waals surface area (Å²) in [5.74, 6) is 0. The molecular formula is C12H18BrNO. The normalized spacial score (nSPS) is 12.5. The quantitative estimate of drug-likeness (QED) is 0.884. The Kier molecular flexibility index (Phi) is 5.12. The molecule has 15 heavy (non-hydrogen) atoms. The molecule has 0 amide bonds. The van der Waals surface area contributed by atoms with Gasteiger partial charge < -0.3 is 10.1 Å². The number of ether oxygens (including phenoxy) is 1. The van der Waals surface area contributed by atoms with Gasteiger partial charge in [-0.1, -0.05) is 22.0 Å². The maximum absolute atomic E-state index is 5.05. The van der Waals surface area contributed by atoms with Crippen molar-refractivity contribution in [2.24, 2.45) is 0 Å². The summed E-state index contributed by atoms with van der Waals surface area (Å²) in [4.78, 5) is 0. The van der Waals surface area contributed by atoms with Gasteiger partial charge in [0.1, 0.15) is 0 Å². The summed E-state index contributed by atoms with van der Waals surface area (Å²) >= 11 is 3.52. The maximum atomic E-state index is 5.05. The average Bonchev–Trinajstić information content (AvgIpc) is 2.22. The lowest BCUT2D eigenvalue weighted by atomic mass is 10.1. The predicted octanol–water partition coefficient (Wildman–Crippen LogP) is 3.59. The van der Waals surface area contributed by atoms with E-state index in [2.05, 4.69) is 47.2 Å². The van der Waals surface area contributed by atoms with E-state index < -0.39 is 0 Å². The van der Waals surface area contributed by atoms with Crippen molar-refractivity contribution < 1.29 is 4.74 Å². The molecule has 2 nitrogen and oxygen atoms in total. The van der Waals surface area contributed by atoms with Gasteiger partial charge in [-0.2, -0.15) is 0 Å². The van der Waals surface area contributed by atoms with E-state index in [1.807, 2.05) is 6.07 Å². The molecule has 1 rings (SSSR count). The highest BCUT2D eigenvalue weighted by Crippen LogP contribution is 2.24. The monoisotopic (exact) mass is 271 g/mol. The molecule has 3 heteroatoms. The van der Waals surface area contributed by atoms with E-state index in [4.69, 9.17) is 4.74 Å². The molecule has 0 bridgehead atoms. The van der Waals surface area contributed by atoms with Crippen LogP contribution in [0.15, 0.2) is 22.7 Å². The van der Waals surface area contributed by atoms with E-state index in [-0.39, 0.29) is 0 Å². The van der Waals surface area contributed by atoms with Gasteiger partial charge in [0.05, 0.1) is 0 Å². The fourth-order valence-corrected chi connectivity index (χ4v) is 1.76. The number of halogens is 1. The van der Waals surface area contributed by atoms with Crippen LogP contribution in [0, 0.1) is 6.92 Å². The molecule has 1 atom stereocenters. The second-order valence-electron chi connectivity index (χ2n) is 3.74. The molecule has 0 aromatic heterocycles. The Morgan fingerprint density at radius 1 is 1.47 bits per heavy atom. The second-order valence-corrected chi connectivity index (χ2v) is 4.59. The van der Waals surface area contributed by atoms with E-state index >= 15 is 0 Å². The number of nitrogens with one attached hydrogen (secondary N) is 1. The standard InChI is InChI=1S/C12H18BrNO/c1-9(7-8-15-3)14-12-6-4-5-11(13)10(12)2/h4-6,9,14H,7-8H2,1-3H3. The zero-order valence-electron chi connectivity index (χ0n) is 9.51. The largest absolute Gasteiger partial charge is 0.385 e. The lowest BCUT2D eigenvalue weighted by Gasteiger charge is -2.17. The zero-order chi connectivity index (χ0) is 11.3. The number of benzene rings is 1. The topological polar surface area (TPSA) is 21.3 Å². The highest BCUT2D eigenvalue weighted by atomic mass is 79.9. The van der Waals surface area contributed by atoms with Gasteiger partial charge in [-0.05, 0) is 38.0 Å². The van der Waals surface area contributed by atoms with E-state index in [1.165, 1.54) is 11.3 Å². The Labute approximate surface area is 100 Å². The third-order valence-corrected chi connectivity index (χ3v) is 3.28. The van der Waals surface area contributed by atoms with Crippen LogP contribution in [-0.2, 0) is 4.74 Å². The minimum absolute atomic E-state index is 0.429. The Bertz CT molecular complexity index is 314. The van der Waals surface area contributed by atoms with Crippen molar-refractivity contribution in [3.63, 3.8) is 0 Å². The number of methoxy groups -OCH3 is 1.